The first-order valence-corrected chi connectivity index (χ1v) is 3.29. The van der Waals surface area contributed by atoms with E-state index < -0.39 is 0 Å². The van der Waals surface area contributed by atoms with E-state index in [9.17, 15) is 0 Å². The van der Waals surface area contributed by atoms with Gasteiger partial charge in [-0.25, -0.2) is 9.97 Å². The third-order valence-electron chi connectivity index (χ3n) is 1.22. The van der Waals surface area contributed by atoms with Crippen LogP contribution < -0.4 is 5.73 Å². The normalized spacial score (nSPS) is 9.09. The number of aryl methyl sites for hydroxylation is 1. The number of nitrogens with two attached hydrogens (primary N) is 1. The number of rotatable bonds is 1. The molecule has 1 heterocycles. The predicted molar refractivity (Wildman–Crippen MR) is 40.5 cm³/mol. The molecule has 0 aliphatic heterocycles. The molecule has 0 radical (unpaired) electrons. The number of nitrogen functional groups attached to an aromatic ring is 1. The maximum Gasteiger partial charge on any atom is 0.146 e. The van der Waals surface area contributed by atoms with Gasteiger partial charge in [-0.2, -0.15) is 5.26 Å². The molecule has 0 atom stereocenters. The molecule has 11 heavy (non-hydrogen) atoms. The fourth-order valence-electron chi connectivity index (χ4n) is 0.733. The van der Waals surface area contributed by atoms with Crippen molar-refractivity contribution in [3.63, 3.8) is 0 Å². The molecule has 0 bridgehead atoms. The third kappa shape index (κ3) is 1.64. The zero-order chi connectivity index (χ0) is 8.27. The van der Waals surface area contributed by atoms with Gasteiger partial charge in [-0.3, -0.25) is 0 Å². The van der Waals surface area contributed by atoms with Gasteiger partial charge in [0.2, 0.25) is 0 Å². The molecule has 0 aliphatic carbocycles. The summed E-state index contributed by atoms with van der Waals surface area (Å²) in [5.41, 5.74) is 5.74. The van der Waals surface area contributed by atoms with Crippen LogP contribution in [-0.2, 0) is 6.42 Å². The van der Waals surface area contributed by atoms with Crippen LogP contribution in [0.15, 0.2) is 6.07 Å². The van der Waals surface area contributed by atoms with E-state index in [4.69, 9.17) is 11.0 Å². The first kappa shape index (κ1) is 7.48. The highest BCUT2D eigenvalue weighted by Crippen LogP contribution is 2.01. The number of nitriles is 1. The number of anilines is 1. The maximum atomic E-state index is 8.49. The largest absolute Gasteiger partial charge is 0.384 e. The summed E-state index contributed by atoms with van der Waals surface area (Å²) in [4.78, 5) is 7.83. The minimum atomic E-state index is 0.328. The molecule has 0 unspecified atom stereocenters. The Kier molecular flexibility index (Phi) is 2.02. The van der Waals surface area contributed by atoms with Crippen molar-refractivity contribution in [2.45, 2.75) is 13.3 Å². The van der Waals surface area contributed by atoms with E-state index in [1.165, 1.54) is 6.07 Å². The molecule has 0 saturated heterocycles. The lowest BCUT2D eigenvalue weighted by Crippen LogP contribution is -1.99. The molecule has 1 rings (SSSR count). The van der Waals surface area contributed by atoms with Crippen molar-refractivity contribution >= 4 is 5.82 Å². The smallest absolute Gasteiger partial charge is 0.146 e. The van der Waals surface area contributed by atoms with Crippen LogP contribution in [0.2, 0.25) is 0 Å². The van der Waals surface area contributed by atoms with Gasteiger partial charge >= 0.3 is 0 Å². The zero-order valence-corrected chi connectivity index (χ0v) is 6.20. The van der Waals surface area contributed by atoms with E-state index in [-0.39, 0.29) is 0 Å². The Hall–Kier alpha value is -1.63. The molecule has 1 aromatic rings. The molecule has 4 heteroatoms. The monoisotopic (exact) mass is 148 g/mol. The Balaban J connectivity index is 3.15. The van der Waals surface area contributed by atoms with Gasteiger partial charge in [0.05, 0.1) is 0 Å². The van der Waals surface area contributed by atoms with E-state index in [0.717, 1.165) is 0 Å². The van der Waals surface area contributed by atoms with Crippen LogP contribution in [0.25, 0.3) is 0 Å². The molecule has 0 saturated carbocycles. The zero-order valence-electron chi connectivity index (χ0n) is 6.20. The lowest BCUT2D eigenvalue weighted by Gasteiger charge is -1.96. The average molecular weight is 148 g/mol. The molecular weight excluding hydrogens is 140 g/mol. The van der Waals surface area contributed by atoms with Gasteiger partial charge in [-0.1, -0.05) is 6.92 Å². The Morgan fingerprint density at radius 2 is 2.36 bits per heavy atom. The van der Waals surface area contributed by atoms with Gasteiger partial charge < -0.3 is 5.73 Å². The topological polar surface area (TPSA) is 75.6 Å². The number of nitrogens with zero attached hydrogens (tertiary/aromatic N) is 3. The van der Waals surface area contributed by atoms with Crippen molar-refractivity contribution in [2.24, 2.45) is 0 Å². The molecule has 2 N–H and O–H groups in total. The molecule has 0 aliphatic rings. The molecule has 0 spiro atoms. The Morgan fingerprint density at radius 1 is 1.64 bits per heavy atom. The van der Waals surface area contributed by atoms with E-state index in [2.05, 4.69) is 9.97 Å². The van der Waals surface area contributed by atoms with Gasteiger partial charge in [0, 0.05) is 12.5 Å². The summed E-state index contributed by atoms with van der Waals surface area (Å²) in [5, 5.41) is 8.49. The van der Waals surface area contributed by atoms with Crippen LogP contribution in [0.4, 0.5) is 5.82 Å². The molecule has 56 valence electrons. The lowest BCUT2D eigenvalue weighted by molar-refractivity contribution is 0.936. The Morgan fingerprint density at radius 3 is 2.91 bits per heavy atom. The summed E-state index contributed by atoms with van der Waals surface area (Å²) in [5.74, 6) is 0.968. The summed E-state index contributed by atoms with van der Waals surface area (Å²) >= 11 is 0. The highest BCUT2D eigenvalue weighted by atomic mass is 14.9. The van der Waals surface area contributed by atoms with Crippen LogP contribution in [0.1, 0.15) is 18.4 Å². The van der Waals surface area contributed by atoms with E-state index in [1.54, 1.807) is 0 Å². The number of hydrogen-bond donors (Lipinski definition) is 1. The lowest BCUT2D eigenvalue weighted by atomic mass is 10.4. The third-order valence-corrected chi connectivity index (χ3v) is 1.22. The second-order valence-corrected chi connectivity index (χ2v) is 2.06. The molecular formula is C7H8N4. The van der Waals surface area contributed by atoms with Crippen LogP contribution in [0, 0.1) is 11.3 Å². The van der Waals surface area contributed by atoms with Gasteiger partial charge in [-0.05, 0) is 0 Å². The molecule has 4 nitrogen and oxygen atoms in total. The number of aromatic nitrogens is 2. The quantitative estimate of drug-likeness (QED) is 0.629. The summed E-state index contributed by atoms with van der Waals surface area (Å²) in [6.45, 7) is 1.91. The van der Waals surface area contributed by atoms with Gasteiger partial charge in [0.15, 0.2) is 0 Å². The van der Waals surface area contributed by atoms with E-state index in [0.29, 0.717) is 23.8 Å². The highest BCUT2D eigenvalue weighted by molar-refractivity contribution is 5.35. The van der Waals surface area contributed by atoms with Crippen LogP contribution in [0.3, 0.4) is 0 Å². The fraction of sp³-hybridized carbons (Fsp3) is 0.286. The predicted octanol–water partition coefficient (Wildman–Crippen LogP) is 0.493. The van der Waals surface area contributed by atoms with Crippen molar-refractivity contribution < 1.29 is 0 Å². The first-order valence-electron chi connectivity index (χ1n) is 3.29. The molecule has 0 aromatic carbocycles. The molecule has 0 amide bonds. The summed E-state index contributed by atoms with van der Waals surface area (Å²) in [6, 6.07) is 3.37. The van der Waals surface area contributed by atoms with E-state index in [1.807, 2.05) is 13.0 Å². The van der Waals surface area contributed by atoms with Crippen molar-refractivity contribution in [1.29, 1.82) is 5.26 Å². The minimum Gasteiger partial charge on any atom is -0.384 e. The Bertz CT molecular complexity index is 300. The second-order valence-electron chi connectivity index (χ2n) is 2.06. The average Bonchev–Trinajstić information content (AvgIpc) is 2.03. The SMILES string of the molecule is CCc1nc(N)cc(C#N)n1. The van der Waals surface area contributed by atoms with Crippen LogP contribution >= 0.6 is 0 Å². The van der Waals surface area contributed by atoms with Gasteiger partial charge in [0.1, 0.15) is 23.4 Å². The Labute approximate surface area is 64.7 Å². The second kappa shape index (κ2) is 2.97. The van der Waals surface area contributed by atoms with Crippen molar-refractivity contribution in [1.82, 2.24) is 9.97 Å². The van der Waals surface area contributed by atoms with Crippen LogP contribution in [0.5, 0.6) is 0 Å². The highest BCUT2D eigenvalue weighted by Gasteiger charge is 1.98. The van der Waals surface area contributed by atoms with Crippen LogP contribution in [-0.4, -0.2) is 9.97 Å². The van der Waals surface area contributed by atoms with Crippen molar-refractivity contribution in [3.05, 3.63) is 17.6 Å². The molecule has 1 aromatic heterocycles. The first-order chi connectivity index (χ1) is 5.26. The minimum absolute atomic E-state index is 0.328. The van der Waals surface area contributed by atoms with Gasteiger partial charge in [0.25, 0.3) is 0 Å². The van der Waals surface area contributed by atoms with Gasteiger partial charge in [-0.15, -0.1) is 0 Å². The van der Waals surface area contributed by atoms with Crippen molar-refractivity contribution in [2.75, 3.05) is 5.73 Å². The standard InChI is InChI=1S/C7H8N4/c1-2-7-10-5(4-8)3-6(9)11-7/h3H,2H2,1H3,(H2,9,10,11). The fourth-order valence-corrected chi connectivity index (χ4v) is 0.733. The maximum absolute atomic E-state index is 8.49. The molecule has 0 fully saturated rings. The summed E-state index contributed by atoms with van der Waals surface area (Å²) in [6.07, 6.45) is 0.694. The van der Waals surface area contributed by atoms with E-state index >= 15 is 0 Å². The number of hydrogen-bond acceptors (Lipinski definition) is 4. The van der Waals surface area contributed by atoms with Crippen molar-refractivity contribution in [3.8, 4) is 6.07 Å². The summed E-state index contributed by atoms with van der Waals surface area (Å²) < 4.78 is 0. The summed E-state index contributed by atoms with van der Waals surface area (Å²) in [7, 11) is 0.